The van der Waals surface area contributed by atoms with Crippen LogP contribution in [0.1, 0.15) is 10.4 Å². The molecule has 0 bridgehead atoms. The number of methoxy groups -OCH3 is 1. The van der Waals surface area contributed by atoms with Crippen LogP contribution in [0, 0.1) is 5.82 Å². The van der Waals surface area contributed by atoms with Gasteiger partial charge in [-0.25, -0.2) is 9.18 Å². The number of benzene rings is 2. The molecule has 0 aromatic heterocycles. The van der Waals surface area contributed by atoms with Crippen LogP contribution in [0.2, 0.25) is 0 Å². The quantitative estimate of drug-likeness (QED) is 0.683. The topological polar surface area (TPSA) is 61.5 Å². The Labute approximate surface area is 123 Å². The molecule has 6 heteroatoms. The summed E-state index contributed by atoms with van der Waals surface area (Å²) in [6.07, 6.45) is 0. The molecule has 4 nitrogen and oxygen atoms in total. The summed E-state index contributed by atoms with van der Waals surface area (Å²) in [6.45, 7) is 0. The van der Waals surface area contributed by atoms with Gasteiger partial charge in [0.2, 0.25) is 0 Å². The fourth-order valence-corrected chi connectivity index (χ4v) is 1.95. The number of rotatable bonds is 3. The van der Waals surface area contributed by atoms with E-state index < -0.39 is 11.8 Å². The van der Waals surface area contributed by atoms with Crippen molar-refractivity contribution in [3.8, 4) is 11.5 Å². The maximum Gasteiger partial charge on any atom is 0.340 e. The van der Waals surface area contributed by atoms with E-state index in [4.69, 9.17) is 10.5 Å². The van der Waals surface area contributed by atoms with Gasteiger partial charge in [-0.2, -0.15) is 0 Å². The fourth-order valence-electron chi connectivity index (χ4n) is 1.59. The summed E-state index contributed by atoms with van der Waals surface area (Å²) < 4.78 is 23.6. The maximum atomic E-state index is 13.1. The Morgan fingerprint density at radius 2 is 2.05 bits per heavy atom. The lowest BCUT2D eigenvalue weighted by molar-refractivity contribution is 0.0601. The molecule has 0 radical (unpaired) electrons. The van der Waals surface area contributed by atoms with Crippen LogP contribution in [0.3, 0.4) is 0 Å². The van der Waals surface area contributed by atoms with Gasteiger partial charge in [0.05, 0.1) is 22.8 Å². The summed E-state index contributed by atoms with van der Waals surface area (Å²) in [6, 6.07) is 8.97. The molecular weight excluding hydrogens is 329 g/mol. The predicted octanol–water partition coefficient (Wildman–Crippen LogP) is 3.75. The normalized spacial score (nSPS) is 10.2. The number of esters is 1. The Balaban J connectivity index is 2.34. The van der Waals surface area contributed by atoms with Crippen molar-refractivity contribution in [1.29, 1.82) is 0 Å². The molecule has 2 aromatic rings. The van der Waals surface area contributed by atoms with Gasteiger partial charge < -0.3 is 15.2 Å². The molecule has 2 rings (SSSR count). The highest BCUT2D eigenvalue weighted by Gasteiger charge is 2.14. The largest absolute Gasteiger partial charge is 0.465 e. The smallest absolute Gasteiger partial charge is 0.340 e. The van der Waals surface area contributed by atoms with Gasteiger partial charge in [0.1, 0.15) is 11.6 Å². The van der Waals surface area contributed by atoms with Crippen LogP contribution in [-0.2, 0) is 4.74 Å². The molecule has 0 unspecified atom stereocenters. The molecule has 0 amide bonds. The van der Waals surface area contributed by atoms with Gasteiger partial charge in [-0.15, -0.1) is 0 Å². The summed E-state index contributed by atoms with van der Waals surface area (Å²) in [5.74, 6) is -0.250. The Bertz CT molecular complexity index is 661. The molecule has 20 heavy (non-hydrogen) atoms. The fraction of sp³-hybridized carbons (Fsp3) is 0.0714. The number of carbonyl (C=O) groups is 1. The van der Waals surface area contributed by atoms with Crippen LogP contribution >= 0.6 is 15.9 Å². The minimum Gasteiger partial charge on any atom is -0.465 e. The molecule has 0 saturated carbocycles. The van der Waals surface area contributed by atoms with Crippen LogP contribution in [0.5, 0.6) is 11.5 Å². The van der Waals surface area contributed by atoms with E-state index in [9.17, 15) is 9.18 Å². The Hall–Kier alpha value is -2.08. The van der Waals surface area contributed by atoms with E-state index in [0.717, 1.165) is 0 Å². The van der Waals surface area contributed by atoms with Crippen LogP contribution in [0.25, 0.3) is 0 Å². The minimum atomic E-state index is -0.548. The highest BCUT2D eigenvalue weighted by Crippen LogP contribution is 2.32. The van der Waals surface area contributed by atoms with Crippen molar-refractivity contribution in [2.45, 2.75) is 0 Å². The van der Waals surface area contributed by atoms with E-state index in [1.165, 1.54) is 31.4 Å². The van der Waals surface area contributed by atoms with Crippen molar-refractivity contribution in [3.05, 3.63) is 52.3 Å². The number of nitrogen functional groups attached to an aromatic ring is 1. The molecule has 104 valence electrons. The lowest BCUT2D eigenvalue weighted by Gasteiger charge is -2.11. The number of ether oxygens (including phenoxy) is 2. The van der Waals surface area contributed by atoms with Crippen molar-refractivity contribution in [2.24, 2.45) is 0 Å². The SMILES string of the molecule is COC(=O)c1cccc(Oc2ccc(F)c(Br)c2)c1N. The zero-order valence-electron chi connectivity index (χ0n) is 10.5. The first-order valence-electron chi connectivity index (χ1n) is 5.62. The van der Waals surface area contributed by atoms with Crippen molar-refractivity contribution in [1.82, 2.24) is 0 Å². The first-order chi connectivity index (χ1) is 9.52. The standard InChI is InChI=1S/C14H11BrFNO3/c1-19-14(18)9-3-2-4-12(13(9)17)20-8-5-6-11(16)10(15)7-8/h2-7H,17H2,1H3. The Kier molecular flexibility index (Phi) is 4.24. The molecule has 2 N–H and O–H groups in total. The van der Waals surface area contributed by atoms with Gasteiger partial charge in [0.15, 0.2) is 5.75 Å². The summed E-state index contributed by atoms with van der Waals surface area (Å²) in [7, 11) is 1.27. The predicted molar refractivity (Wildman–Crippen MR) is 76.4 cm³/mol. The first-order valence-corrected chi connectivity index (χ1v) is 6.42. The Morgan fingerprint density at radius 1 is 1.30 bits per heavy atom. The summed E-state index contributed by atoms with van der Waals surface area (Å²) >= 11 is 3.07. The minimum absolute atomic E-state index is 0.166. The van der Waals surface area contributed by atoms with Gasteiger partial charge in [-0.1, -0.05) is 6.07 Å². The van der Waals surface area contributed by atoms with Gasteiger partial charge in [-0.3, -0.25) is 0 Å². The lowest BCUT2D eigenvalue weighted by atomic mass is 10.1. The summed E-state index contributed by atoms with van der Waals surface area (Å²) in [5.41, 5.74) is 6.24. The number of anilines is 1. The van der Waals surface area contributed by atoms with E-state index in [2.05, 4.69) is 20.7 Å². The summed E-state index contributed by atoms with van der Waals surface area (Å²) in [4.78, 5) is 11.5. The number of halogens is 2. The third kappa shape index (κ3) is 2.91. The first kappa shape index (κ1) is 14.3. The van der Waals surface area contributed by atoms with E-state index in [1.54, 1.807) is 12.1 Å². The van der Waals surface area contributed by atoms with E-state index in [-0.39, 0.29) is 15.7 Å². The third-order valence-corrected chi connectivity index (χ3v) is 3.20. The van der Waals surface area contributed by atoms with Gasteiger partial charge >= 0.3 is 5.97 Å². The molecule has 0 fully saturated rings. The zero-order chi connectivity index (χ0) is 14.7. The van der Waals surface area contributed by atoms with Crippen LogP contribution < -0.4 is 10.5 Å². The second kappa shape index (κ2) is 5.92. The molecule has 0 atom stereocenters. The van der Waals surface area contributed by atoms with E-state index >= 15 is 0 Å². The van der Waals surface area contributed by atoms with E-state index in [1.807, 2.05) is 0 Å². The third-order valence-electron chi connectivity index (χ3n) is 2.59. The van der Waals surface area contributed by atoms with Gasteiger partial charge in [0.25, 0.3) is 0 Å². The second-order valence-electron chi connectivity index (χ2n) is 3.89. The van der Waals surface area contributed by atoms with Gasteiger partial charge in [-0.05, 0) is 46.3 Å². The van der Waals surface area contributed by atoms with Crippen molar-refractivity contribution in [3.63, 3.8) is 0 Å². The number of nitrogens with two attached hydrogens (primary N) is 1. The molecule has 0 spiro atoms. The number of para-hydroxylation sites is 1. The molecule has 0 aliphatic rings. The average Bonchev–Trinajstić information content (AvgIpc) is 2.44. The van der Waals surface area contributed by atoms with Gasteiger partial charge in [0, 0.05) is 0 Å². The molecule has 2 aromatic carbocycles. The lowest BCUT2D eigenvalue weighted by Crippen LogP contribution is -2.06. The summed E-state index contributed by atoms with van der Waals surface area (Å²) in [5, 5.41) is 0. The molecule has 0 heterocycles. The molecule has 0 aliphatic heterocycles. The second-order valence-corrected chi connectivity index (χ2v) is 4.74. The van der Waals surface area contributed by atoms with E-state index in [0.29, 0.717) is 11.5 Å². The Morgan fingerprint density at radius 3 is 2.70 bits per heavy atom. The highest BCUT2D eigenvalue weighted by atomic mass is 79.9. The highest BCUT2D eigenvalue weighted by molar-refractivity contribution is 9.10. The van der Waals surface area contributed by atoms with Crippen molar-refractivity contribution >= 4 is 27.6 Å². The van der Waals surface area contributed by atoms with Crippen LogP contribution in [-0.4, -0.2) is 13.1 Å². The number of carbonyl (C=O) groups excluding carboxylic acids is 1. The maximum absolute atomic E-state index is 13.1. The van der Waals surface area contributed by atoms with Crippen LogP contribution in [0.15, 0.2) is 40.9 Å². The monoisotopic (exact) mass is 339 g/mol. The van der Waals surface area contributed by atoms with Crippen molar-refractivity contribution < 1.29 is 18.7 Å². The molecular formula is C14H11BrFNO3. The van der Waals surface area contributed by atoms with Crippen molar-refractivity contribution in [2.75, 3.05) is 12.8 Å². The number of hydrogen-bond acceptors (Lipinski definition) is 4. The zero-order valence-corrected chi connectivity index (χ0v) is 12.1. The molecule has 0 aliphatic carbocycles. The van der Waals surface area contributed by atoms with Crippen LogP contribution in [0.4, 0.5) is 10.1 Å². The molecule has 0 saturated heterocycles. The average molecular weight is 340 g/mol. The number of hydrogen-bond donors (Lipinski definition) is 1.